The molecule has 1 spiro atoms. The van der Waals surface area contributed by atoms with Gasteiger partial charge in [0.1, 0.15) is 0 Å². The summed E-state index contributed by atoms with van der Waals surface area (Å²) < 4.78 is 1.40. The minimum atomic E-state index is -0.172. The van der Waals surface area contributed by atoms with Crippen LogP contribution >= 0.6 is 46.6 Å². The van der Waals surface area contributed by atoms with Crippen LogP contribution in [0.3, 0.4) is 0 Å². The van der Waals surface area contributed by atoms with Crippen molar-refractivity contribution in [3.63, 3.8) is 0 Å². The third-order valence-electron chi connectivity index (χ3n) is 4.70. The highest BCUT2D eigenvalue weighted by atomic mass is 32.2. The van der Waals surface area contributed by atoms with Crippen LogP contribution in [0.4, 0.5) is 0 Å². The molecule has 8 heteroatoms. The van der Waals surface area contributed by atoms with Gasteiger partial charge in [0.05, 0.1) is 13.2 Å². The second kappa shape index (κ2) is 8.80. The Morgan fingerprint density at radius 3 is 2.62 bits per heavy atom. The summed E-state index contributed by atoms with van der Waals surface area (Å²) in [4.78, 5) is 25.4. The van der Waals surface area contributed by atoms with E-state index in [1.807, 2.05) is 23.5 Å². The highest BCUT2D eigenvalue weighted by Crippen LogP contribution is 2.61. The quantitative estimate of drug-likeness (QED) is 0.527. The Morgan fingerprint density at radius 1 is 1.23 bits per heavy atom. The summed E-state index contributed by atoms with van der Waals surface area (Å²) in [6.07, 6.45) is 6.62. The van der Waals surface area contributed by atoms with Crippen LogP contribution in [-0.4, -0.2) is 29.6 Å². The van der Waals surface area contributed by atoms with E-state index >= 15 is 0 Å². The molecule has 1 aliphatic carbocycles. The zero-order valence-corrected chi connectivity index (χ0v) is 18.7. The molecule has 1 aromatic heterocycles. The highest BCUT2D eigenvalue weighted by molar-refractivity contribution is 8.20. The lowest BCUT2D eigenvalue weighted by molar-refractivity contribution is -0.122. The summed E-state index contributed by atoms with van der Waals surface area (Å²) in [5, 5.41) is 0. The number of hydrazine groups is 1. The number of carbonyl (C=O) groups excluding carboxylic acids is 2. The van der Waals surface area contributed by atoms with Gasteiger partial charge < -0.3 is 0 Å². The van der Waals surface area contributed by atoms with Crippen molar-refractivity contribution in [1.29, 1.82) is 0 Å². The Bertz CT molecular complexity index is 681. The molecule has 1 saturated heterocycles. The van der Waals surface area contributed by atoms with E-state index in [1.54, 1.807) is 23.1 Å². The van der Waals surface area contributed by atoms with Crippen molar-refractivity contribution in [3.8, 4) is 0 Å². The topological polar surface area (TPSA) is 58.2 Å². The molecular formula is C18H26N2O2S4. The minimum absolute atomic E-state index is 0.124. The molecule has 1 fully saturated rings. The van der Waals surface area contributed by atoms with Crippen LogP contribution in [0.25, 0.3) is 0 Å². The Kier molecular flexibility index (Phi) is 6.91. The van der Waals surface area contributed by atoms with Gasteiger partial charge >= 0.3 is 0 Å². The lowest BCUT2D eigenvalue weighted by Crippen LogP contribution is -2.41. The van der Waals surface area contributed by atoms with Gasteiger partial charge in [-0.05, 0) is 43.4 Å². The second-order valence-electron chi connectivity index (χ2n) is 7.01. The molecule has 26 heavy (non-hydrogen) atoms. The van der Waals surface area contributed by atoms with E-state index in [-0.39, 0.29) is 15.9 Å². The van der Waals surface area contributed by atoms with Crippen molar-refractivity contribution < 1.29 is 9.59 Å². The maximum absolute atomic E-state index is 12.8. The van der Waals surface area contributed by atoms with Crippen molar-refractivity contribution >= 4 is 58.4 Å². The third-order valence-corrected chi connectivity index (χ3v) is 10.6. The van der Waals surface area contributed by atoms with Crippen LogP contribution in [0.2, 0.25) is 0 Å². The molecular weight excluding hydrogens is 404 g/mol. The first-order valence-corrected chi connectivity index (χ1v) is 13.1. The summed E-state index contributed by atoms with van der Waals surface area (Å²) in [5.41, 5.74) is 7.82. The lowest BCUT2D eigenvalue weighted by Gasteiger charge is -2.33. The van der Waals surface area contributed by atoms with Gasteiger partial charge in [-0.15, -0.1) is 46.6 Å². The Labute approximate surface area is 172 Å². The van der Waals surface area contributed by atoms with E-state index < -0.39 is 0 Å². The largest absolute Gasteiger partial charge is 0.280 e. The van der Waals surface area contributed by atoms with Crippen LogP contribution in [0.15, 0.2) is 4.21 Å². The molecule has 4 nitrogen and oxygen atoms in total. The molecule has 3 rings (SSSR count). The normalized spacial score (nSPS) is 18.2. The average molecular weight is 431 g/mol. The van der Waals surface area contributed by atoms with Gasteiger partial charge in [-0.2, -0.15) is 0 Å². The maximum atomic E-state index is 12.8. The highest BCUT2D eigenvalue weighted by Gasteiger charge is 2.45. The van der Waals surface area contributed by atoms with Crippen LogP contribution < -0.4 is 10.9 Å². The fourth-order valence-electron chi connectivity index (χ4n) is 3.42. The SMILES string of the molecule is CSc1sc(C(=O)NNC(=O)CCC(C)C)c2c1C1(CCC2)SCCS1. The van der Waals surface area contributed by atoms with Gasteiger partial charge in [0, 0.05) is 23.5 Å². The molecule has 2 N–H and O–H groups in total. The Balaban J connectivity index is 1.75. The molecule has 0 atom stereocenters. The predicted molar refractivity (Wildman–Crippen MR) is 115 cm³/mol. The standard InChI is InChI=1S/C18H26N2O2S4/c1-11(2)6-7-13(21)19-20-16(22)15-12-5-4-8-18(24-9-10-25-18)14(12)17(23-3)26-15/h11H,4-10H2,1-3H3,(H,19,21)(H,20,22). The van der Waals surface area contributed by atoms with E-state index in [1.165, 1.54) is 33.3 Å². The van der Waals surface area contributed by atoms with Gasteiger partial charge in [0.2, 0.25) is 5.91 Å². The molecule has 1 aliphatic heterocycles. The maximum Gasteiger partial charge on any atom is 0.280 e. The average Bonchev–Trinajstić information content (AvgIpc) is 3.23. The number of amides is 2. The number of nitrogens with one attached hydrogen (secondary N) is 2. The molecule has 2 heterocycles. The lowest BCUT2D eigenvalue weighted by atomic mass is 9.92. The first-order chi connectivity index (χ1) is 12.5. The molecule has 0 saturated carbocycles. The van der Waals surface area contributed by atoms with E-state index in [4.69, 9.17) is 0 Å². The summed E-state index contributed by atoms with van der Waals surface area (Å²) in [6, 6.07) is 0. The number of carbonyl (C=O) groups is 2. The molecule has 0 unspecified atom stereocenters. The fourth-order valence-corrected chi connectivity index (χ4v) is 9.30. The van der Waals surface area contributed by atoms with E-state index in [9.17, 15) is 9.59 Å². The van der Waals surface area contributed by atoms with Crippen molar-refractivity contribution in [2.24, 2.45) is 5.92 Å². The van der Waals surface area contributed by atoms with Crippen molar-refractivity contribution in [1.82, 2.24) is 10.9 Å². The van der Waals surface area contributed by atoms with Crippen LogP contribution in [0, 0.1) is 5.92 Å². The van der Waals surface area contributed by atoms with Gasteiger partial charge in [0.15, 0.2) is 0 Å². The molecule has 0 bridgehead atoms. The molecule has 2 amide bonds. The molecule has 0 radical (unpaired) electrons. The zero-order chi connectivity index (χ0) is 18.7. The van der Waals surface area contributed by atoms with Crippen LogP contribution in [0.1, 0.15) is 60.3 Å². The second-order valence-corrected chi connectivity index (χ2v) is 12.2. The summed E-state index contributed by atoms with van der Waals surface area (Å²) >= 11 is 7.42. The van der Waals surface area contributed by atoms with E-state index in [0.717, 1.165) is 24.1 Å². The van der Waals surface area contributed by atoms with Crippen molar-refractivity contribution in [3.05, 3.63) is 16.0 Å². The zero-order valence-electron chi connectivity index (χ0n) is 15.5. The Morgan fingerprint density at radius 2 is 1.96 bits per heavy atom. The van der Waals surface area contributed by atoms with E-state index in [0.29, 0.717) is 12.3 Å². The summed E-state index contributed by atoms with van der Waals surface area (Å²) in [6.45, 7) is 4.17. The number of rotatable bonds is 5. The number of thiophene rings is 1. The van der Waals surface area contributed by atoms with Crippen LogP contribution in [0.5, 0.6) is 0 Å². The predicted octanol–water partition coefficient (Wildman–Crippen LogP) is 4.64. The third kappa shape index (κ3) is 4.23. The van der Waals surface area contributed by atoms with Gasteiger partial charge in [0.25, 0.3) is 5.91 Å². The number of fused-ring (bicyclic) bond motifs is 2. The smallest absolute Gasteiger partial charge is 0.273 e. The first-order valence-electron chi connectivity index (χ1n) is 9.04. The monoisotopic (exact) mass is 430 g/mol. The van der Waals surface area contributed by atoms with E-state index in [2.05, 4.69) is 31.0 Å². The van der Waals surface area contributed by atoms with Crippen molar-refractivity contribution in [2.45, 2.75) is 54.2 Å². The number of hydrogen-bond donors (Lipinski definition) is 2. The fraction of sp³-hybridized carbons (Fsp3) is 0.667. The first kappa shape index (κ1) is 20.4. The van der Waals surface area contributed by atoms with Crippen LogP contribution in [-0.2, 0) is 15.3 Å². The number of thioether (sulfide) groups is 3. The van der Waals surface area contributed by atoms with Gasteiger partial charge in [-0.3, -0.25) is 20.4 Å². The van der Waals surface area contributed by atoms with Gasteiger partial charge in [-0.1, -0.05) is 13.8 Å². The summed E-state index contributed by atoms with van der Waals surface area (Å²) in [5.74, 6) is 2.54. The molecule has 144 valence electrons. The molecule has 0 aromatic carbocycles. The summed E-state index contributed by atoms with van der Waals surface area (Å²) in [7, 11) is 0. The molecule has 1 aromatic rings. The number of hydrogen-bond acceptors (Lipinski definition) is 6. The Hall–Kier alpha value is -0.310. The molecule has 2 aliphatic rings. The minimum Gasteiger partial charge on any atom is -0.273 e. The van der Waals surface area contributed by atoms with Gasteiger partial charge in [-0.25, -0.2) is 0 Å². The van der Waals surface area contributed by atoms with Crippen molar-refractivity contribution in [2.75, 3.05) is 17.8 Å².